The lowest BCUT2D eigenvalue weighted by Crippen LogP contribution is -2.16. The van der Waals surface area contributed by atoms with Crippen LogP contribution in [-0.4, -0.2) is 33.1 Å². The van der Waals surface area contributed by atoms with Crippen LogP contribution in [0.5, 0.6) is 5.88 Å². The first-order valence-corrected chi connectivity index (χ1v) is 7.41. The molecule has 1 aromatic heterocycles. The summed E-state index contributed by atoms with van der Waals surface area (Å²) < 4.78 is 27.7. The average molecular weight is 292 g/mol. The third-order valence-electron chi connectivity index (χ3n) is 2.73. The van der Waals surface area contributed by atoms with Crippen molar-refractivity contribution >= 4 is 21.6 Å². The molecule has 2 heterocycles. The average Bonchev–Trinajstić information content (AvgIpc) is 2.79. The summed E-state index contributed by atoms with van der Waals surface area (Å²) in [5.74, 6) is 0.664. The highest BCUT2D eigenvalue weighted by Crippen LogP contribution is 2.24. The van der Waals surface area contributed by atoms with Crippen molar-refractivity contribution < 1.29 is 13.2 Å². The van der Waals surface area contributed by atoms with E-state index in [4.69, 9.17) is 21.5 Å². The van der Waals surface area contributed by atoms with Crippen LogP contribution >= 0.6 is 11.6 Å². The third kappa shape index (κ3) is 3.32. The number of nitrogens with zero attached hydrogens (tertiary/aromatic N) is 1. The van der Waals surface area contributed by atoms with Crippen molar-refractivity contribution in [1.82, 2.24) is 10.3 Å². The predicted molar refractivity (Wildman–Crippen MR) is 67.1 cm³/mol. The van der Waals surface area contributed by atoms with E-state index in [1.165, 1.54) is 6.07 Å². The Bertz CT molecular complexity index is 529. The maximum absolute atomic E-state index is 11.1. The van der Waals surface area contributed by atoms with Crippen molar-refractivity contribution in [1.29, 1.82) is 0 Å². The molecular formula is C10H14ClN3O3S. The highest BCUT2D eigenvalue weighted by atomic mass is 35.5. The molecule has 3 N–H and O–H groups in total. The second-order valence-electron chi connectivity index (χ2n) is 4.17. The van der Waals surface area contributed by atoms with Crippen molar-refractivity contribution in [3.8, 4) is 5.88 Å². The molecule has 0 radical (unpaired) electrons. The number of nitrogens with one attached hydrogen (secondary N) is 1. The molecule has 8 heteroatoms. The van der Waals surface area contributed by atoms with Gasteiger partial charge in [0, 0.05) is 12.5 Å². The second-order valence-corrected chi connectivity index (χ2v) is 6.14. The van der Waals surface area contributed by atoms with E-state index in [0.717, 1.165) is 25.7 Å². The topological polar surface area (TPSA) is 94.3 Å². The Hall–Kier alpha value is -0.890. The van der Waals surface area contributed by atoms with Gasteiger partial charge in [0.1, 0.15) is 9.92 Å². The molecule has 0 amide bonds. The molecule has 0 aliphatic carbocycles. The van der Waals surface area contributed by atoms with E-state index in [1.807, 2.05) is 0 Å². The van der Waals surface area contributed by atoms with Crippen LogP contribution in [0.3, 0.4) is 0 Å². The van der Waals surface area contributed by atoms with Gasteiger partial charge >= 0.3 is 0 Å². The number of halogens is 1. The molecule has 1 aliphatic heterocycles. The van der Waals surface area contributed by atoms with E-state index in [2.05, 4.69) is 10.3 Å². The van der Waals surface area contributed by atoms with E-state index >= 15 is 0 Å². The number of hydrogen-bond acceptors (Lipinski definition) is 5. The summed E-state index contributed by atoms with van der Waals surface area (Å²) in [6.45, 7) is 2.40. The van der Waals surface area contributed by atoms with Crippen molar-refractivity contribution in [3.63, 3.8) is 0 Å². The van der Waals surface area contributed by atoms with Crippen LogP contribution < -0.4 is 15.2 Å². The van der Waals surface area contributed by atoms with Crippen LogP contribution in [-0.2, 0) is 10.0 Å². The first-order valence-electron chi connectivity index (χ1n) is 5.48. The van der Waals surface area contributed by atoms with Gasteiger partial charge in [-0.15, -0.1) is 0 Å². The summed E-state index contributed by atoms with van der Waals surface area (Å²) in [6, 6.07) is 1.24. The van der Waals surface area contributed by atoms with Gasteiger partial charge in [0.25, 0.3) is 0 Å². The highest BCUT2D eigenvalue weighted by Gasteiger charge is 2.17. The third-order valence-corrected chi connectivity index (χ3v) is 3.88. The van der Waals surface area contributed by atoms with E-state index in [9.17, 15) is 8.42 Å². The van der Waals surface area contributed by atoms with Gasteiger partial charge in [-0.3, -0.25) is 0 Å². The van der Waals surface area contributed by atoms with Gasteiger partial charge in [0.05, 0.1) is 12.8 Å². The number of sulfonamides is 1. The fourth-order valence-electron chi connectivity index (χ4n) is 1.72. The van der Waals surface area contributed by atoms with Gasteiger partial charge in [-0.25, -0.2) is 18.5 Å². The lowest BCUT2D eigenvalue weighted by molar-refractivity contribution is 0.251. The number of ether oxygens (including phenoxy) is 1. The summed E-state index contributed by atoms with van der Waals surface area (Å²) in [7, 11) is -3.79. The number of rotatable bonds is 4. The minimum atomic E-state index is -3.79. The molecule has 1 atom stereocenters. The summed E-state index contributed by atoms with van der Waals surface area (Å²) in [5.41, 5.74) is 0. The molecule has 0 bridgehead atoms. The molecule has 100 valence electrons. The molecule has 1 unspecified atom stereocenters. The van der Waals surface area contributed by atoms with E-state index in [0.29, 0.717) is 12.5 Å². The Morgan fingerprint density at radius 3 is 2.94 bits per heavy atom. The fourth-order valence-corrected chi connectivity index (χ4v) is 2.49. The van der Waals surface area contributed by atoms with Gasteiger partial charge in [-0.05, 0) is 19.0 Å². The molecule has 1 aromatic rings. The zero-order chi connectivity index (χ0) is 13.2. The Morgan fingerprint density at radius 1 is 1.61 bits per heavy atom. The number of primary sulfonamides is 1. The van der Waals surface area contributed by atoms with Gasteiger partial charge in [-0.1, -0.05) is 11.6 Å². The number of nitrogens with two attached hydrogens (primary N) is 1. The van der Waals surface area contributed by atoms with Crippen LogP contribution in [0.4, 0.5) is 0 Å². The maximum atomic E-state index is 11.1. The van der Waals surface area contributed by atoms with E-state index in [-0.39, 0.29) is 15.8 Å². The van der Waals surface area contributed by atoms with Crippen molar-refractivity contribution in [2.75, 3.05) is 19.7 Å². The van der Waals surface area contributed by atoms with Crippen molar-refractivity contribution in [2.24, 2.45) is 11.1 Å². The van der Waals surface area contributed by atoms with Gasteiger partial charge in [0.2, 0.25) is 15.9 Å². The summed E-state index contributed by atoms with van der Waals surface area (Å²) in [6.07, 6.45) is 2.19. The Morgan fingerprint density at radius 2 is 2.39 bits per heavy atom. The number of hydrogen-bond donors (Lipinski definition) is 2. The zero-order valence-electron chi connectivity index (χ0n) is 9.60. The molecule has 0 spiro atoms. The van der Waals surface area contributed by atoms with Gasteiger partial charge in [-0.2, -0.15) is 0 Å². The fraction of sp³-hybridized carbons (Fsp3) is 0.500. The molecular weight excluding hydrogens is 278 g/mol. The monoisotopic (exact) mass is 291 g/mol. The molecule has 0 aromatic carbocycles. The first-order chi connectivity index (χ1) is 8.47. The van der Waals surface area contributed by atoms with Crippen LogP contribution in [0.2, 0.25) is 5.02 Å². The second kappa shape index (κ2) is 5.40. The molecule has 0 saturated carbocycles. The standard InChI is InChI=1S/C10H14ClN3O3S/c11-9-3-8(18(12,15)16)5-14-10(9)17-6-7-1-2-13-4-7/h3,5,7,13H,1-2,4,6H2,(H2,12,15,16). The Labute approximate surface area is 111 Å². The van der Waals surface area contributed by atoms with Crippen LogP contribution in [0.1, 0.15) is 6.42 Å². The minimum Gasteiger partial charge on any atom is -0.476 e. The zero-order valence-corrected chi connectivity index (χ0v) is 11.2. The van der Waals surface area contributed by atoms with Crippen LogP contribution in [0, 0.1) is 5.92 Å². The van der Waals surface area contributed by atoms with Gasteiger partial charge < -0.3 is 10.1 Å². The minimum absolute atomic E-state index is 0.123. The first kappa shape index (κ1) is 13.5. The molecule has 1 aliphatic rings. The van der Waals surface area contributed by atoms with Crippen LogP contribution in [0.25, 0.3) is 0 Å². The van der Waals surface area contributed by atoms with Gasteiger partial charge in [0.15, 0.2) is 0 Å². The lowest BCUT2D eigenvalue weighted by atomic mass is 10.1. The Kier molecular flexibility index (Phi) is 4.06. The predicted octanol–water partition coefficient (Wildman–Crippen LogP) is 0.371. The molecule has 1 fully saturated rings. The largest absolute Gasteiger partial charge is 0.476 e. The smallest absolute Gasteiger partial charge is 0.239 e. The number of pyridine rings is 1. The van der Waals surface area contributed by atoms with E-state index in [1.54, 1.807) is 0 Å². The van der Waals surface area contributed by atoms with Crippen molar-refractivity contribution in [3.05, 3.63) is 17.3 Å². The number of aromatic nitrogens is 1. The summed E-state index contributed by atoms with van der Waals surface area (Å²) in [5, 5.41) is 8.34. The van der Waals surface area contributed by atoms with E-state index < -0.39 is 10.0 Å². The Balaban J connectivity index is 2.05. The summed E-state index contributed by atoms with van der Waals surface area (Å²) in [4.78, 5) is 3.75. The summed E-state index contributed by atoms with van der Waals surface area (Å²) >= 11 is 5.90. The molecule has 2 rings (SSSR count). The quantitative estimate of drug-likeness (QED) is 0.836. The molecule has 18 heavy (non-hydrogen) atoms. The molecule has 6 nitrogen and oxygen atoms in total. The molecule has 1 saturated heterocycles. The maximum Gasteiger partial charge on any atom is 0.239 e. The lowest BCUT2D eigenvalue weighted by Gasteiger charge is -2.11. The van der Waals surface area contributed by atoms with Crippen LogP contribution in [0.15, 0.2) is 17.2 Å². The normalized spacial score (nSPS) is 20.0. The highest BCUT2D eigenvalue weighted by molar-refractivity contribution is 7.89. The van der Waals surface area contributed by atoms with Crippen molar-refractivity contribution in [2.45, 2.75) is 11.3 Å². The SMILES string of the molecule is NS(=O)(=O)c1cnc(OCC2CCNC2)c(Cl)c1.